The molecule has 3 nitrogen and oxygen atoms in total. The molecular formula is C6H2Cl2F3NO2S. The van der Waals surface area contributed by atoms with Crippen molar-refractivity contribution in [2.45, 2.75) is 6.18 Å². The van der Waals surface area contributed by atoms with Crippen molar-refractivity contribution in [2.24, 2.45) is 0 Å². The fraction of sp³-hybridized carbons (Fsp3) is 0.333. The van der Waals surface area contributed by atoms with Crippen molar-refractivity contribution in [3.8, 4) is 0 Å². The summed E-state index contributed by atoms with van der Waals surface area (Å²) < 4.78 is 42.4. The molecule has 84 valence electrons. The smallest absolute Gasteiger partial charge is 0.422 e. The molecule has 0 spiro atoms. The first kappa shape index (κ1) is 12.5. The summed E-state index contributed by atoms with van der Waals surface area (Å²) >= 11 is 11.6. The topological polar surface area (TPSA) is 39.2 Å². The van der Waals surface area contributed by atoms with Crippen molar-refractivity contribution in [1.82, 2.24) is 4.37 Å². The van der Waals surface area contributed by atoms with Crippen LogP contribution in [0, 0.1) is 0 Å². The lowest BCUT2D eigenvalue weighted by atomic mass is 10.4. The molecule has 0 radical (unpaired) electrons. The van der Waals surface area contributed by atoms with Crippen molar-refractivity contribution in [2.75, 3.05) is 6.61 Å². The third-order valence-corrected chi connectivity index (χ3v) is 2.77. The standard InChI is InChI=1S/C6H2Cl2F3NO2S/c7-2-3(12-15-4(2)8)5(13)14-1-6(9,10)11/h1H2. The summed E-state index contributed by atoms with van der Waals surface area (Å²) in [5.41, 5.74) is -0.407. The Balaban J connectivity index is 2.66. The van der Waals surface area contributed by atoms with Crippen LogP contribution in [0.3, 0.4) is 0 Å². The first-order valence-corrected chi connectivity index (χ1v) is 4.89. The molecule has 1 rings (SSSR count). The van der Waals surface area contributed by atoms with E-state index in [0.29, 0.717) is 11.5 Å². The molecule has 0 aliphatic rings. The number of aromatic nitrogens is 1. The van der Waals surface area contributed by atoms with Gasteiger partial charge in [0, 0.05) is 0 Å². The number of esters is 1. The number of nitrogens with zero attached hydrogens (tertiary/aromatic N) is 1. The maximum Gasteiger partial charge on any atom is 0.422 e. The van der Waals surface area contributed by atoms with Gasteiger partial charge in [-0.25, -0.2) is 4.79 Å². The van der Waals surface area contributed by atoms with Gasteiger partial charge >= 0.3 is 12.1 Å². The van der Waals surface area contributed by atoms with Crippen molar-refractivity contribution in [3.63, 3.8) is 0 Å². The first-order valence-electron chi connectivity index (χ1n) is 3.36. The molecule has 0 aromatic carbocycles. The van der Waals surface area contributed by atoms with Crippen molar-refractivity contribution < 1.29 is 22.7 Å². The molecule has 0 unspecified atom stereocenters. The molecule has 0 aliphatic carbocycles. The van der Waals surface area contributed by atoms with E-state index in [9.17, 15) is 18.0 Å². The lowest BCUT2D eigenvalue weighted by Crippen LogP contribution is -2.20. The Morgan fingerprint density at radius 3 is 2.47 bits per heavy atom. The van der Waals surface area contributed by atoms with Gasteiger partial charge in [-0.05, 0) is 11.5 Å². The number of ether oxygens (including phenoxy) is 1. The summed E-state index contributed by atoms with van der Waals surface area (Å²) in [7, 11) is 0. The van der Waals surface area contributed by atoms with E-state index in [1.807, 2.05) is 0 Å². The Labute approximate surface area is 95.9 Å². The van der Waals surface area contributed by atoms with Gasteiger partial charge in [0.25, 0.3) is 0 Å². The highest BCUT2D eigenvalue weighted by Crippen LogP contribution is 2.30. The van der Waals surface area contributed by atoms with Gasteiger partial charge in [-0.15, -0.1) is 0 Å². The molecule has 0 N–H and O–H groups in total. The van der Waals surface area contributed by atoms with E-state index >= 15 is 0 Å². The Hall–Kier alpha value is -0.530. The van der Waals surface area contributed by atoms with Crippen LogP contribution >= 0.6 is 34.7 Å². The van der Waals surface area contributed by atoms with Crippen LogP contribution < -0.4 is 0 Å². The number of hydrogen-bond donors (Lipinski definition) is 0. The number of carbonyl (C=O) groups is 1. The van der Waals surface area contributed by atoms with Gasteiger partial charge in [0.05, 0.1) is 0 Å². The predicted molar refractivity (Wildman–Crippen MR) is 48.5 cm³/mol. The quantitative estimate of drug-likeness (QED) is 0.781. The van der Waals surface area contributed by atoms with Crippen molar-refractivity contribution in [1.29, 1.82) is 0 Å². The molecule has 9 heteroatoms. The van der Waals surface area contributed by atoms with Gasteiger partial charge < -0.3 is 4.74 Å². The molecule has 0 fully saturated rings. The minimum Gasteiger partial charge on any atom is -0.451 e. The highest BCUT2D eigenvalue weighted by Gasteiger charge is 2.31. The van der Waals surface area contributed by atoms with E-state index in [2.05, 4.69) is 9.11 Å². The summed E-state index contributed by atoms with van der Waals surface area (Å²) in [4.78, 5) is 11.0. The minimum absolute atomic E-state index is 0.0237. The largest absolute Gasteiger partial charge is 0.451 e. The molecule has 0 saturated carbocycles. The van der Waals surface area contributed by atoms with Crippen molar-refractivity contribution in [3.05, 3.63) is 15.1 Å². The molecule has 0 atom stereocenters. The van der Waals surface area contributed by atoms with Gasteiger partial charge in [0.15, 0.2) is 12.3 Å². The van der Waals surface area contributed by atoms with Gasteiger partial charge in [-0.1, -0.05) is 23.2 Å². The fourth-order valence-corrected chi connectivity index (χ4v) is 1.58. The van der Waals surface area contributed by atoms with Crippen LogP contribution in [-0.2, 0) is 4.74 Å². The Bertz CT molecular complexity index is 379. The zero-order valence-corrected chi connectivity index (χ0v) is 9.10. The molecule has 0 bridgehead atoms. The van der Waals surface area contributed by atoms with Crippen molar-refractivity contribution >= 4 is 40.7 Å². The van der Waals surface area contributed by atoms with Gasteiger partial charge in [-0.2, -0.15) is 17.5 Å². The Kier molecular flexibility index (Phi) is 3.80. The second-order valence-corrected chi connectivity index (χ2v) is 4.06. The van der Waals surface area contributed by atoms with Crippen LogP contribution in [0.15, 0.2) is 0 Å². The molecule has 15 heavy (non-hydrogen) atoms. The first-order chi connectivity index (χ1) is 6.81. The van der Waals surface area contributed by atoms with Crippen LogP contribution in [0.2, 0.25) is 9.36 Å². The zero-order valence-electron chi connectivity index (χ0n) is 6.77. The molecule has 1 aromatic rings. The van der Waals surface area contributed by atoms with Crippen LogP contribution in [-0.4, -0.2) is 23.1 Å². The highest BCUT2D eigenvalue weighted by atomic mass is 35.5. The summed E-state index contributed by atoms with van der Waals surface area (Å²) in [5.74, 6) is -1.25. The zero-order chi connectivity index (χ0) is 11.6. The van der Waals surface area contributed by atoms with E-state index in [0.717, 1.165) is 0 Å². The van der Waals surface area contributed by atoms with E-state index in [1.165, 1.54) is 0 Å². The molecule has 1 heterocycles. The predicted octanol–water partition coefficient (Wildman–Crippen LogP) is 3.17. The average molecular weight is 280 g/mol. The summed E-state index contributed by atoms with van der Waals surface area (Å²) in [6.07, 6.45) is -4.58. The lowest BCUT2D eigenvalue weighted by molar-refractivity contribution is -0.161. The maximum absolute atomic E-state index is 11.7. The van der Waals surface area contributed by atoms with Crippen LogP contribution in [0.5, 0.6) is 0 Å². The Morgan fingerprint density at radius 1 is 1.47 bits per heavy atom. The SMILES string of the molecule is O=C(OCC(F)(F)F)c1nsc(Cl)c1Cl. The maximum atomic E-state index is 11.7. The lowest BCUT2D eigenvalue weighted by Gasteiger charge is -2.06. The van der Waals surface area contributed by atoms with Crippen LogP contribution in [0.4, 0.5) is 13.2 Å². The van der Waals surface area contributed by atoms with E-state index in [4.69, 9.17) is 23.2 Å². The summed E-state index contributed by atoms with van der Waals surface area (Å²) in [6.45, 7) is -1.68. The number of carbonyl (C=O) groups excluding carboxylic acids is 1. The molecular weight excluding hydrogens is 278 g/mol. The van der Waals surface area contributed by atoms with Gasteiger partial charge in [0.1, 0.15) is 9.36 Å². The molecule has 0 saturated heterocycles. The fourth-order valence-electron chi connectivity index (χ4n) is 0.602. The molecule has 0 aliphatic heterocycles. The van der Waals surface area contributed by atoms with Crippen LogP contribution in [0.1, 0.15) is 10.5 Å². The van der Waals surface area contributed by atoms with E-state index in [-0.39, 0.29) is 9.36 Å². The highest BCUT2D eigenvalue weighted by molar-refractivity contribution is 7.11. The van der Waals surface area contributed by atoms with Crippen LogP contribution in [0.25, 0.3) is 0 Å². The summed E-state index contributed by atoms with van der Waals surface area (Å²) in [6, 6.07) is 0. The Morgan fingerprint density at radius 2 is 2.07 bits per heavy atom. The monoisotopic (exact) mass is 279 g/mol. The normalized spacial score (nSPS) is 11.5. The van der Waals surface area contributed by atoms with Gasteiger partial charge in [0.2, 0.25) is 0 Å². The molecule has 1 aromatic heterocycles. The van der Waals surface area contributed by atoms with Gasteiger partial charge in [-0.3, -0.25) is 0 Å². The third-order valence-electron chi connectivity index (χ3n) is 1.16. The second-order valence-electron chi connectivity index (χ2n) is 2.31. The van der Waals surface area contributed by atoms with E-state index in [1.54, 1.807) is 0 Å². The number of halogens is 5. The summed E-state index contributed by atoms with van der Waals surface area (Å²) in [5, 5.41) is -0.200. The average Bonchev–Trinajstić information content (AvgIpc) is 2.43. The van der Waals surface area contributed by atoms with E-state index < -0.39 is 24.4 Å². The third kappa shape index (κ3) is 3.51. The number of rotatable bonds is 2. The number of alkyl halides is 3. The minimum atomic E-state index is -4.58. The molecule has 0 amide bonds. The number of hydrogen-bond acceptors (Lipinski definition) is 4. The second kappa shape index (κ2) is 4.54.